The molecule has 0 aromatic heterocycles. The Morgan fingerprint density at radius 3 is 1.72 bits per heavy atom. The standard InChI is InChI=1S/C25H26/c1-4-8-24(21-15-11-19(2)12-16-21)25(22-9-6-5-7-10-22)23-17-13-20(3)14-18-23/h5-7,9-18H,4,8H2,1-3H3/b25-24+/i5D. The van der Waals surface area contributed by atoms with E-state index < -0.39 is 0 Å². The third kappa shape index (κ3) is 4.09. The van der Waals surface area contributed by atoms with E-state index in [1.54, 1.807) is 0 Å². The number of aryl methyl sites for hydroxylation is 2. The van der Waals surface area contributed by atoms with Crippen molar-refractivity contribution in [2.45, 2.75) is 33.6 Å². The number of rotatable bonds is 5. The van der Waals surface area contributed by atoms with E-state index in [2.05, 4.69) is 81.4 Å². The molecule has 0 bridgehead atoms. The molecule has 0 fully saturated rings. The largest absolute Gasteiger partial charge is 0.0651 e. The minimum atomic E-state index is 0.546. The summed E-state index contributed by atoms with van der Waals surface area (Å²) in [5.41, 5.74) is 8.88. The molecule has 3 aromatic rings. The van der Waals surface area contributed by atoms with Gasteiger partial charge in [0.05, 0.1) is 1.37 Å². The molecule has 0 heteroatoms. The highest BCUT2D eigenvalue weighted by atomic mass is 14.2. The van der Waals surface area contributed by atoms with E-state index in [1.807, 2.05) is 12.1 Å². The lowest BCUT2D eigenvalue weighted by molar-refractivity contribution is 0.974. The molecule has 0 amide bonds. The van der Waals surface area contributed by atoms with Crippen LogP contribution in [0.25, 0.3) is 11.1 Å². The molecule has 0 atom stereocenters. The molecule has 0 unspecified atom stereocenters. The third-order valence-corrected chi connectivity index (χ3v) is 4.55. The Morgan fingerprint density at radius 1 is 0.720 bits per heavy atom. The van der Waals surface area contributed by atoms with E-state index in [0.717, 1.165) is 12.8 Å². The molecule has 0 nitrogen and oxygen atoms in total. The Labute approximate surface area is 153 Å². The van der Waals surface area contributed by atoms with Crippen molar-refractivity contribution in [1.82, 2.24) is 0 Å². The van der Waals surface area contributed by atoms with E-state index in [9.17, 15) is 0 Å². The van der Waals surface area contributed by atoms with Gasteiger partial charge in [-0.1, -0.05) is 103 Å². The van der Waals surface area contributed by atoms with E-state index in [4.69, 9.17) is 1.37 Å². The summed E-state index contributed by atoms with van der Waals surface area (Å²) in [5.74, 6) is 0. The van der Waals surface area contributed by atoms with Gasteiger partial charge in [-0.25, -0.2) is 0 Å². The van der Waals surface area contributed by atoms with Gasteiger partial charge in [0.25, 0.3) is 0 Å². The van der Waals surface area contributed by atoms with Crippen LogP contribution in [0.15, 0.2) is 78.8 Å². The maximum Gasteiger partial charge on any atom is 0.0623 e. The summed E-state index contributed by atoms with van der Waals surface area (Å²) < 4.78 is 7.83. The average molecular weight is 327 g/mol. The lowest BCUT2D eigenvalue weighted by Gasteiger charge is -2.17. The minimum Gasteiger partial charge on any atom is -0.0651 e. The fourth-order valence-corrected chi connectivity index (χ4v) is 3.21. The molecule has 3 aromatic carbocycles. The maximum absolute atomic E-state index is 7.83. The van der Waals surface area contributed by atoms with E-state index in [-0.39, 0.29) is 0 Å². The van der Waals surface area contributed by atoms with Crippen molar-refractivity contribution in [2.75, 3.05) is 0 Å². The highest BCUT2D eigenvalue weighted by Gasteiger charge is 2.13. The Balaban J connectivity index is 2.26. The first kappa shape index (κ1) is 15.9. The van der Waals surface area contributed by atoms with Crippen LogP contribution >= 0.6 is 0 Å². The van der Waals surface area contributed by atoms with Gasteiger partial charge in [-0.05, 0) is 48.1 Å². The van der Waals surface area contributed by atoms with Crippen molar-refractivity contribution in [3.05, 3.63) is 107 Å². The summed E-state index contributed by atoms with van der Waals surface area (Å²) in [4.78, 5) is 0. The second-order valence-corrected chi connectivity index (χ2v) is 6.62. The van der Waals surface area contributed by atoms with Gasteiger partial charge >= 0.3 is 0 Å². The summed E-state index contributed by atoms with van der Waals surface area (Å²) in [5, 5.41) is 0. The first-order valence-electron chi connectivity index (χ1n) is 9.52. The van der Waals surface area contributed by atoms with Gasteiger partial charge in [0.15, 0.2) is 0 Å². The zero-order chi connectivity index (χ0) is 18.5. The highest BCUT2D eigenvalue weighted by Crippen LogP contribution is 2.35. The predicted molar refractivity (Wildman–Crippen MR) is 110 cm³/mol. The zero-order valence-electron chi connectivity index (χ0n) is 16.3. The number of benzene rings is 3. The second kappa shape index (κ2) is 7.98. The fraction of sp³-hybridized carbons (Fsp3) is 0.200. The molecular weight excluding hydrogens is 300 g/mol. The molecular formula is C25H26. The molecule has 0 radical (unpaired) electrons. The molecule has 126 valence electrons. The molecule has 0 spiro atoms. The Kier molecular flexibility index (Phi) is 5.08. The first-order valence-corrected chi connectivity index (χ1v) is 9.02. The van der Waals surface area contributed by atoms with Gasteiger partial charge in [0.2, 0.25) is 0 Å². The van der Waals surface area contributed by atoms with Crippen LogP contribution in [0.5, 0.6) is 0 Å². The minimum absolute atomic E-state index is 0.546. The van der Waals surface area contributed by atoms with Crippen molar-refractivity contribution in [2.24, 2.45) is 0 Å². The van der Waals surface area contributed by atoms with Crippen LogP contribution in [0, 0.1) is 13.8 Å². The van der Waals surface area contributed by atoms with Crippen LogP contribution in [-0.2, 0) is 0 Å². The average Bonchev–Trinajstić information content (AvgIpc) is 2.65. The predicted octanol–water partition coefficient (Wildman–Crippen LogP) is 7.06. The van der Waals surface area contributed by atoms with Crippen LogP contribution in [-0.4, -0.2) is 0 Å². The van der Waals surface area contributed by atoms with Gasteiger partial charge < -0.3 is 0 Å². The topological polar surface area (TPSA) is 0 Å². The molecule has 25 heavy (non-hydrogen) atoms. The van der Waals surface area contributed by atoms with Crippen molar-refractivity contribution in [1.29, 1.82) is 0 Å². The summed E-state index contributed by atoms with van der Waals surface area (Å²) >= 11 is 0. The molecule has 0 saturated carbocycles. The smallest absolute Gasteiger partial charge is 0.0623 e. The van der Waals surface area contributed by atoms with Crippen molar-refractivity contribution >= 4 is 11.1 Å². The van der Waals surface area contributed by atoms with E-state index in [0.29, 0.717) is 6.04 Å². The van der Waals surface area contributed by atoms with Crippen LogP contribution < -0.4 is 0 Å². The molecule has 0 aliphatic heterocycles. The number of allylic oxidation sites excluding steroid dienone is 1. The first-order chi connectivity index (χ1) is 12.6. The molecule has 0 N–H and O–H groups in total. The Hall–Kier alpha value is -2.60. The van der Waals surface area contributed by atoms with Gasteiger partial charge in [0, 0.05) is 0 Å². The quantitative estimate of drug-likeness (QED) is 0.440. The van der Waals surface area contributed by atoms with Crippen LogP contribution in [0.1, 0.15) is 49.0 Å². The van der Waals surface area contributed by atoms with E-state index >= 15 is 0 Å². The van der Waals surface area contributed by atoms with E-state index in [1.165, 1.54) is 39.0 Å². The monoisotopic (exact) mass is 327 g/mol. The van der Waals surface area contributed by atoms with Gasteiger partial charge in [0.1, 0.15) is 0 Å². The second-order valence-electron chi connectivity index (χ2n) is 6.62. The number of hydrogen-bond donors (Lipinski definition) is 0. The summed E-state index contributed by atoms with van der Waals surface area (Å²) in [6, 6.07) is 26.0. The summed E-state index contributed by atoms with van der Waals surface area (Å²) in [6.45, 7) is 6.48. The van der Waals surface area contributed by atoms with Crippen LogP contribution in [0.3, 0.4) is 0 Å². The SMILES string of the molecule is [2H]c1ccc(/C(=C(/CCC)c2ccc(C)cc2)c2ccc(C)cc2)cc1. The molecule has 0 aliphatic rings. The number of hydrogen-bond acceptors (Lipinski definition) is 0. The summed E-state index contributed by atoms with van der Waals surface area (Å²) in [7, 11) is 0. The summed E-state index contributed by atoms with van der Waals surface area (Å²) in [6.07, 6.45) is 2.12. The lowest BCUT2D eigenvalue weighted by atomic mass is 9.87. The van der Waals surface area contributed by atoms with Gasteiger partial charge in [-0.15, -0.1) is 0 Å². The molecule has 0 heterocycles. The van der Waals surface area contributed by atoms with Crippen LogP contribution in [0.4, 0.5) is 0 Å². The lowest BCUT2D eigenvalue weighted by Crippen LogP contribution is -1.96. The maximum atomic E-state index is 7.83. The van der Waals surface area contributed by atoms with Crippen molar-refractivity contribution < 1.29 is 1.37 Å². The van der Waals surface area contributed by atoms with Gasteiger partial charge in [-0.3, -0.25) is 0 Å². The van der Waals surface area contributed by atoms with Crippen LogP contribution in [0.2, 0.25) is 0 Å². The normalized spacial score (nSPS) is 12.5. The molecule has 3 rings (SSSR count). The van der Waals surface area contributed by atoms with Crippen molar-refractivity contribution in [3.8, 4) is 0 Å². The molecule has 0 saturated heterocycles. The fourth-order valence-electron chi connectivity index (χ4n) is 3.21. The van der Waals surface area contributed by atoms with Gasteiger partial charge in [-0.2, -0.15) is 0 Å². The highest BCUT2D eigenvalue weighted by molar-refractivity contribution is 5.98. The third-order valence-electron chi connectivity index (χ3n) is 4.55. The Bertz CT molecular complexity index is 835. The zero-order valence-corrected chi connectivity index (χ0v) is 15.3. The van der Waals surface area contributed by atoms with Crippen molar-refractivity contribution in [3.63, 3.8) is 0 Å². The molecule has 0 aliphatic carbocycles. The Morgan fingerprint density at radius 2 is 1.20 bits per heavy atom.